The van der Waals surface area contributed by atoms with Crippen LogP contribution in [0.15, 0.2) is 54.3 Å². The summed E-state index contributed by atoms with van der Waals surface area (Å²) in [5.41, 5.74) is 1.04. The average Bonchev–Trinajstić information content (AvgIpc) is 2.28. The number of aliphatic hydroxyl groups excluding tert-OH is 1. The molecule has 0 aliphatic heterocycles. The van der Waals surface area contributed by atoms with Gasteiger partial charge >= 0.3 is 0 Å². The minimum atomic E-state index is 0.249. The van der Waals surface area contributed by atoms with Gasteiger partial charge in [0.25, 0.3) is 0 Å². The summed E-state index contributed by atoms with van der Waals surface area (Å²) in [4.78, 5) is 0. The van der Waals surface area contributed by atoms with E-state index in [2.05, 4.69) is 0 Å². The highest BCUT2D eigenvalue weighted by Gasteiger charge is 2.04. The van der Waals surface area contributed by atoms with Crippen molar-refractivity contribution >= 4 is 6.08 Å². The standard InChI is InChI=1S/C14H14O2/c15-13-8-6-11(7-9-13)4-5-12-2-1-3-14(16)10-12/h1,3-10,12,15-16H,2H2. The Morgan fingerprint density at radius 1 is 1.12 bits per heavy atom. The lowest BCUT2D eigenvalue weighted by atomic mass is 9.98. The molecule has 1 aromatic rings. The van der Waals surface area contributed by atoms with E-state index in [4.69, 9.17) is 5.11 Å². The van der Waals surface area contributed by atoms with Crippen LogP contribution in [0, 0.1) is 5.92 Å². The van der Waals surface area contributed by atoms with Crippen molar-refractivity contribution in [1.29, 1.82) is 0 Å². The third-order valence-corrected chi connectivity index (χ3v) is 2.51. The molecule has 0 aromatic heterocycles. The van der Waals surface area contributed by atoms with Crippen LogP contribution in [0.25, 0.3) is 6.08 Å². The van der Waals surface area contributed by atoms with Gasteiger partial charge < -0.3 is 10.2 Å². The molecule has 1 unspecified atom stereocenters. The first-order valence-corrected chi connectivity index (χ1v) is 5.28. The second kappa shape index (κ2) is 4.71. The lowest BCUT2D eigenvalue weighted by Crippen LogP contribution is -1.96. The maximum atomic E-state index is 9.32. The van der Waals surface area contributed by atoms with E-state index in [9.17, 15) is 5.11 Å². The molecule has 0 amide bonds. The fourth-order valence-corrected chi connectivity index (χ4v) is 1.64. The van der Waals surface area contributed by atoms with Gasteiger partial charge in [-0.2, -0.15) is 0 Å². The molecule has 0 bridgehead atoms. The molecule has 0 radical (unpaired) electrons. The number of allylic oxidation sites excluding steroid dienone is 4. The molecule has 0 saturated heterocycles. The second-order valence-electron chi connectivity index (χ2n) is 3.84. The van der Waals surface area contributed by atoms with E-state index in [1.807, 2.05) is 36.4 Å². The highest BCUT2D eigenvalue weighted by molar-refractivity contribution is 5.51. The number of aliphatic hydroxyl groups is 1. The molecule has 0 saturated carbocycles. The van der Waals surface area contributed by atoms with Crippen LogP contribution in [-0.2, 0) is 0 Å². The van der Waals surface area contributed by atoms with Gasteiger partial charge in [0.2, 0.25) is 0 Å². The van der Waals surface area contributed by atoms with Gasteiger partial charge in [-0.05, 0) is 36.3 Å². The molecule has 1 atom stereocenters. The molecule has 0 fully saturated rings. The van der Waals surface area contributed by atoms with Crippen LogP contribution in [0.1, 0.15) is 12.0 Å². The van der Waals surface area contributed by atoms with E-state index < -0.39 is 0 Å². The number of phenols is 1. The quantitative estimate of drug-likeness (QED) is 0.791. The second-order valence-corrected chi connectivity index (χ2v) is 3.84. The van der Waals surface area contributed by atoms with E-state index in [-0.39, 0.29) is 11.7 Å². The van der Waals surface area contributed by atoms with Crippen LogP contribution in [0.2, 0.25) is 0 Å². The van der Waals surface area contributed by atoms with E-state index in [1.54, 1.807) is 18.2 Å². The minimum absolute atomic E-state index is 0.249. The van der Waals surface area contributed by atoms with Crippen molar-refractivity contribution in [2.75, 3.05) is 0 Å². The van der Waals surface area contributed by atoms with Crippen molar-refractivity contribution in [3.63, 3.8) is 0 Å². The van der Waals surface area contributed by atoms with Crippen molar-refractivity contribution in [2.45, 2.75) is 6.42 Å². The number of hydrogen-bond acceptors (Lipinski definition) is 2. The summed E-state index contributed by atoms with van der Waals surface area (Å²) in [7, 11) is 0. The van der Waals surface area contributed by atoms with Crippen LogP contribution < -0.4 is 0 Å². The molecule has 2 rings (SSSR count). The Morgan fingerprint density at radius 2 is 1.88 bits per heavy atom. The highest BCUT2D eigenvalue weighted by atomic mass is 16.3. The molecule has 16 heavy (non-hydrogen) atoms. The van der Waals surface area contributed by atoms with Crippen LogP contribution in [0.4, 0.5) is 0 Å². The largest absolute Gasteiger partial charge is 0.508 e. The Hall–Kier alpha value is -1.96. The molecule has 2 nitrogen and oxygen atoms in total. The number of benzene rings is 1. The summed E-state index contributed by atoms with van der Waals surface area (Å²) in [6.07, 6.45) is 10.5. The SMILES string of the molecule is OC1=CC(C=Cc2ccc(O)cc2)CC=C1. The maximum absolute atomic E-state index is 9.32. The van der Waals surface area contributed by atoms with Gasteiger partial charge in [0.1, 0.15) is 11.5 Å². The normalized spacial score (nSPS) is 20.0. The fraction of sp³-hybridized carbons (Fsp3) is 0.143. The van der Waals surface area contributed by atoms with Crippen molar-refractivity contribution in [1.82, 2.24) is 0 Å². The van der Waals surface area contributed by atoms with Crippen LogP contribution >= 0.6 is 0 Å². The molecule has 2 N–H and O–H groups in total. The highest BCUT2D eigenvalue weighted by Crippen LogP contribution is 2.18. The Kier molecular flexibility index (Phi) is 3.10. The van der Waals surface area contributed by atoms with Gasteiger partial charge in [0, 0.05) is 5.92 Å². The van der Waals surface area contributed by atoms with Crippen molar-refractivity contribution in [2.24, 2.45) is 5.92 Å². The van der Waals surface area contributed by atoms with Crippen molar-refractivity contribution in [3.8, 4) is 5.75 Å². The summed E-state index contributed by atoms with van der Waals surface area (Å²) in [5.74, 6) is 0.848. The zero-order valence-corrected chi connectivity index (χ0v) is 8.88. The Morgan fingerprint density at radius 3 is 2.56 bits per heavy atom. The predicted octanol–water partition coefficient (Wildman–Crippen LogP) is 3.42. The number of phenolic OH excluding ortho intramolecular Hbond substituents is 1. The number of hydrogen-bond donors (Lipinski definition) is 2. The molecule has 1 aliphatic rings. The first-order valence-electron chi connectivity index (χ1n) is 5.28. The lowest BCUT2D eigenvalue weighted by Gasteiger charge is -2.09. The maximum Gasteiger partial charge on any atom is 0.115 e. The lowest BCUT2D eigenvalue weighted by molar-refractivity contribution is 0.422. The third-order valence-electron chi connectivity index (χ3n) is 2.51. The number of aromatic hydroxyl groups is 1. The Balaban J connectivity index is 2.04. The summed E-state index contributed by atoms with van der Waals surface area (Å²) in [6, 6.07) is 7.03. The topological polar surface area (TPSA) is 40.5 Å². The van der Waals surface area contributed by atoms with Crippen LogP contribution in [-0.4, -0.2) is 10.2 Å². The fourth-order valence-electron chi connectivity index (χ4n) is 1.64. The van der Waals surface area contributed by atoms with Gasteiger partial charge in [0.15, 0.2) is 0 Å². The summed E-state index contributed by atoms with van der Waals surface area (Å²) in [5, 5.41) is 18.5. The van der Waals surface area contributed by atoms with Gasteiger partial charge in [-0.3, -0.25) is 0 Å². The molecule has 0 spiro atoms. The molecule has 82 valence electrons. The summed E-state index contributed by atoms with van der Waals surface area (Å²) in [6.45, 7) is 0. The van der Waals surface area contributed by atoms with Crippen molar-refractivity contribution < 1.29 is 10.2 Å². The molecular weight excluding hydrogens is 200 g/mol. The summed E-state index contributed by atoms with van der Waals surface area (Å²) >= 11 is 0. The predicted molar refractivity (Wildman–Crippen MR) is 65.1 cm³/mol. The van der Waals surface area contributed by atoms with E-state index in [1.165, 1.54) is 0 Å². The van der Waals surface area contributed by atoms with Gasteiger partial charge in [0.05, 0.1) is 0 Å². The molecule has 1 aliphatic carbocycles. The third kappa shape index (κ3) is 2.76. The average molecular weight is 214 g/mol. The monoisotopic (exact) mass is 214 g/mol. The first kappa shape index (κ1) is 10.6. The molecule has 0 heterocycles. The molecular formula is C14H14O2. The minimum Gasteiger partial charge on any atom is -0.508 e. The Bertz CT molecular complexity index is 438. The van der Waals surface area contributed by atoms with E-state index in [0.717, 1.165) is 12.0 Å². The van der Waals surface area contributed by atoms with Gasteiger partial charge in [-0.1, -0.05) is 30.4 Å². The number of rotatable bonds is 2. The van der Waals surface area contributed by atoms with Gasteiger partial charge in [-0.15, -0.1) is 0 Å². The first-order chi connectivity index (χ1) is 7.74. The Labute approximate surface area is 94.9 Å². The molecule has 2 heteroatoms. The van der Waals surface area contributed by atoms with Gasteiger partial charge in [-0.25, -0.2) is 0 Å². The van der Waals surface area contributed by atoms with E-state index in [0.29, 0.717) is 5.76 Å². The van der Waals surface area contributed by atoms with Crippen molar-refractivity contribution in [3.05, 3.63) is 59.9 Å². The van der Waals surface area contributed by atoms with Crippen LogP contribution in [0.3, 0.4) is 0 Å². The summed E-state index contributed by atoms with van der Waals surface area (Å²) < 4.78 is 0. The van der Waals surface area contributed by atoms with E-state index >= 15 is 0 Å². The zero-order chi connectivity index (χ0) is 11.4. The van der Waals surface area contributed by atoms with Crippen LogP contribution in [0.5, 0.6) is 5.75 Å². The smallest absolute Gasteiger partial charge is 0.115 e. The molecule has 1 aromatic carbocycles. The zero-order valence-electron chi connectivity index (χ0n) is 8.88.